The summed E-state index contributed by atoms with van der Waals surface area (Å²) in [5.41, 5.74) is 3.44. The maximum atomic E-state index is 13.4. The molecule has 2 aromatic heterocycles. The number of hydrogen-bond acceptors (Lipinski definition) is 4. The molecule has 0 fully saturated rings. The van der Waals surface area contributed by atoms with Crippen LogP contribution in [0.15, 0.2) is 78.0 Å². The molecule has 4 aromatic rings. The van der Waals surface area contributed by atoms with Gasteiger partial charge in [0.15, 0.2) is 0 Å². The number of carbonyl (C=O) groups is 1. The molecule has 0 bridgehead atoms. The van der Waals surface area contributed by atoms with Crippen LogP contribution in [0.1, 0.15) is 21.6 Å². The standard InChI is InChI=1S/C23H18FN3OS/c1-15-21(11-17-4-5-18(24)12-22(17)26-15)23(28)27-19-6-8-20(9-7-19)29-14-16-3-2-10-25-13-16/h2-13H,14H2,1H3,(H,27,28). The fourth-order valence-electron chi connectivity index (χ4n) is 2.95. The van der Waals surface area contributed by atoms with Crippen molar-refractivity contribution in [1.82, 2.24) is 9.97 Å². The molecule has 2 aromatic carbocycles. The fourth-order valence-corrected chi connectivity index (χ4v) is 3.78. The van der Waals surface area contributed by atoms with Crippen LogP contribution in [0.25, 0.3) is 10.9 Å². The zero-order valence-electron chi connectivity index (χ0n) is 15.7. The predicted molar refractivity (Wildman–Crippen MR) is 115 cm³/mol. The Morgan fingerprint density at radius 3 is 2.69 bits per heavy atom. The van der Waals surface area contributed by atoms with E-state index in [1.165, 1.54) is 12.1 Å². The number of benzene rings is 2. The van der Waals surface area contributed by atoms with Crippen LogP contribution in [0.2, 0.25) is 0 Å². The van der Waals surface area contributed by atoms with E-state index in [2.05, 4.69) is 15.3 Å². The molecule has 0 aliphatic heterocycles. The van der Waals surface area contributed by atoms with Crippen LogP contribution in [0.3, 0.4) is 0 Å². The van der Waals surface area contributed by atoms with Gasteiger partial charge in [0.25, 0.3) is 5.91 Å². The Morgan fingerprint density at radius 1 is 1.10 bits per heavy atom. The number of pyridine rings is 2. The van der Waals surface area contributed by atoms with Crippen LogP contribution in [0.5, 0.6) is 0 Å². The van der Waals surface area contributed by atoms with Crippen LogP contribution in [-0.2, 0) is 5.75 Å². The molecule has 4 nitrogen and oxygen atoms in total. The van der Waals surface area contributed by atoms with Gasteiger partial charge in [-0.05, 0) is 61.0 Å². The van der Waals surface area contributed by atoms with E-state index in [-0.39, 0.29) is 11.7 Å². The Kier molecular flexibility index (Phi) is 5.53. The van der Waals surface area contributed by atoms with Crippen molar-refractivity contribution < 1.29 is 9.18 Å². The second-order valence-corrected chi connectivity index (χ2v) is 7.64. The largest absolute Gasteiger partial charge is 0.322 e. The Labute approximate surface area is 172 Å². The first-order valence-corrected chi connectivity index (χ1v) is 10.1. The first kappa shape index (κ1) is 19.1. The fraction of sp³-hybridized carbons (Fsp3) is 0.0870. The van der Waals surface area contributed by atoms with Gasteiger partial charge in [0.05, 0.1) is 16.8 Å². The van der Waals surface area contributed by atoms with Gasteiger partial charge in [-0.25, -0.2) is 4.39 Å². The van der Waals surface area contributed by atoms with Crippen LogP contribution < -0.4 is 5.32 Å². The van der Waals surface area contributed by atoms with Gasteiger partial charge in [-0.15, -0.1) is 11.8 Å². The molecule has 144 valence electrons. The van der Waals surface area contributed by atoms with Gasteiger partial charge in [0.2, 0.25) is 0 Å². The minimum Gasteiger partial charge on any atom is -0.322 e. The highest BCUT2D eigenvalue weighted by Gasteiger charge is 2.12. The number of carbonyl (C=O) groups excluding carboxylic acids is 1. The number of nitrogens with zero attached hydrogens (tertiary/aromatic N) is 2. The van der Waals surface area contributed by atoms with Gasteiger partial charge in [-0.3, -0.25) is 14.8 Å². The molecule has 0 saturated heterocycles. The van der Waals surface area contributed by atoms with Crippen molar-refractivity contribution in [3.8, 4) is 0 Å². The monoisotopic (exact) mass is 403 g/mol. The maximum Gasteiger partial charge on any atom is 0.257 e. The second kappa shape index (κ2) is 8.41. The third-order valence-electron chi connectivity index (χ3n) is 4.46. The molecule has 1 amide bonds. The van der Waals surface area contributed by atoms with Crippen molar-refractivity contribution in [2.45, 2.75) is 17.6 Å². The average Bonchev–Trinajstić information content (AvgIpc) is 2.73. The van der Waals surface area contributed by atoms with Crippen molar-refractivity contribution in [2.75, 3.05) is 5.32 Å². The number of hydrogen-bond donors (Lipinski definition) is 1. The van der Waals surface area contributed by atoms with E-state index in [0.717, 1.165) is 21.6 Å². The number of aryl methyl sites for hydroxylation is 1. The van der Waals surface area contributed by atoms with E-state index in [9.17, 15) is 9.18 Å². The summed E-state index contributed by atoms with van der Waals surface area (Å²) in [6.45, 7) is 1.75. The summed E-state index contributed by atoms with van der Waals surface area (Å²) in [4.78, 5) is 22.3. The highest BCUT2D eigenvalue weighted by Crippen LogP contribution is 2.24. The summed E-state index contributed by atoms with van der Waals surface area (Å²) in [6.07, 6.45) is 3.62. The molecule has 0 spiro atoms. The topological polar surface area (TPSA) is 54.9 Å². The summed E-state index contributed by atoms with van der Waals surface area (Å²) in [5, 5.41) is 3.63. The number of nitrogens with one attached hydrogen (secondary N) is 1. The Bertz CT molecular complexity index is 1160. The molecule has 0 atom stereocenters. The summed E-state index contributed by atoms with van der Waals surface area (Å²) >= 11 is 1.71. The van der Waals surface area contributed by atoms with Crippen LogP contribution in [0.4, 0.5) is 10.1 Å². The molecule has 0 aliphatic rings. The smallest absolute Gasteiger partial charge is 0.257 e. The molecule has 1 N–H and O–H groups in total. The molecular formula is C23H18FN3OS. The van der Waals surface area contributed by atoms with Gasteiger partial charge in [0, 0.05) is 40.2 Å². The third kappa shape index (κ3) is 4.60. The number of thioether (sulfide) groups is 1. The van der Waals surface area contributed by atoms with Crippen molar-refractivity contribution in [2.24, 2.45) is 0 Å². The number of rotatable bonds is 5. The number of halogens is 1. The number of amides is 1. The van der Waals surface area contributed by atoms with Crippen molar-refractivity contribution in [3.63, 3.8) is 0 Å². The lowest BCUT2D eigenvalue weighted by molar-refractivity contribution is 0.102. The van der Waals surface area contributed by atoms with Gasteiger partial charge < -0.3 is 5.32 Å². The molecule has 4 rings (SSSR count). The number of anilines is 1. The molecule has 0 aliphatic carbocycles. The molecule has 0 saturated carbocycles. The van der Waals surface area contributed by atoms with E-state index in [4.69, 9.17) is 0 Å². The van der Waals surface area contributed by atoms with Crippen LogP contribution in [0, 0.1) is 12.7 Å². The average molecular weight is 403 g/mol. The summed E-state index contributed by atoms with van der Waals surface area (Å²) in [5.74, 6) is 0.252. The van der Waals surface area contributed by atoms with E-state index >= 15 is 0 Å². The molecule has 0 unspecified atom stereocenters. The summed E-state index contributed by atoms with van der Waals surface area (Å²) in [7, 11) is 0. The van der Waals surface area contributed by atoms with E-state index < -0.39 is 0 Å². The third-order valence-corrected chi connectivity index (χ3v) is 5.54. The zero-order valence-corrected chi connectivity index (χ0v) is 16.5. The Balaban J connectivity index is 1.45. The lowest BCUT2D eigenvalue weighted by Crippen LogP contribution is -2.14. The minimum absolute atomic E-state index is 0.239. The highest BCUT2D eigenvalue weighted by atomic mass is 32.2. The lowest BCUT2D eigenvalue weighted by atomic mass is 10.1. The molecular weight excluding hydrogens is 385 g/mol. The first-order valence-electron chi connectivity index (χ1n) is 9.08. The Morgan fingerprint density at radius 2 is 1.93 bits per heavy atom. The van der Waals surface area contributed by atoms with Gasteiger partial charge in [-0.2, -0.15) is 0 Å². The van der Waals surface area contributed by atoms with E-state index in [1.807, 2.05) is 42.6 Å². The molecule has 2 heterocycles. The first-order chi connectivity index (χ1) is 14.1. The number of aromatic nitrogens is 2. The normalized spacial score (nSPS) is 10.8. The van der Waals surface area contributed by atoms with Crippen molar-refractivity contribution in [3.05, 3.63) is 95.7 Å². The zero-order chi connectivity index (χ0) is 20.2. The summed E-state index contributed by atoms with van der Waals surface area (Å²) in [6, 6.07) is 17.8. The number of fused-ring (bicyclic) bond motifs is 1. The van der Waals surface area contributed by atoms with Gasteiger partial charge >= 0.3 is 0 Å². The highest BCUT2D eigenvalue weighted by molar-refractivity contribution is 7.98. The predicted octanol–water partition coefficient (Wildman–Crippen LogP) is 5.62. The molecule has 29 heavy (non-hydrogen) atoms. The van der Waals surface area contributed by atoms with Gasteiger partial charge in [0.1, 0.15) is 5.82 Å². The minimum atomic E-state index is -0.344. The lowest BCUT2D eigenvalue weighted by Gasteiger charge is -2.10. The van der Waals surface area contributed by atoms with E-state index in [1.54, 1.807) is 37.0 Å². The van der Waals surface area contributed by atoms with E-state index in [0.29, 0.717) is 22.5 Å². The van der Waals surface area contributed by atoms with Gasteiger partial charge in [-0.1, -0.05) is 6.07 Å². The summed E-state index contributed by atoms with van der Waals surface area (Å²) < 4.78 is 13.4. The second-order valence-electron chi connectivity index (χ2n) is 6.59. The molecule has 6 heteroatoms. The van der Waals surface area contributed by atoms with Crippen molar-refractivity contribution in [1.29, 1.82) is 0 Å². The quantitative estimate of drug-likeness (QED) is 0.439. The SMILES string of the molecule is Cc1nc2cc(F)ccc2cc1C(=O)Nc1ccc(SCc2cccnc2)cc1. The molecule has 0 radical (unpaired) electrons. The van der Waals surface area contributed by atoms with Crippen molar-refractivity contribution >= 4 is 34.3 Å². The Hall–Kier alpha value is -3.25. The maximum absolute atomic E-state index is 13.4. The van der Waals surface area contributed by atoms with Crippen LogP contribution >= 0.6 is 11.8 Å². The van der Waals surface area contributed by atoms with Crippen LogP contribution in [-0.4, -0.2) is 15.9 Å².